The number of rotatable bonds is 4. The summed E-state index contributed by atoms with van der Waals surface area (Å²) < 4.78 is 12.7. The van der Waals surface area contributed by atoms with Crippen LogP contribution in [0.4, 0.5) is 10.1 Å². The topological polar surface area (TPSA) is 60.8 Å². The Hall–Kier alpha value is -2.02. The molecule has 0 aliphatic rings. The van der Waals surface area contributed by atoms with Gasteiger partial charge in [-0.15, -0.1) is 0 Å². The summed E-state index contributed by atoms with van der Waals surface area (Å²) in [4.78, 5) is 0. The molecule has 18 heavy (non-hydrogen) atoms. The van der Waals surface area contributed by atoms with Gasteiger partial charge in [0.15, 0.2) is 5.11 Å². The molecule has 0 bridgehead atoms. The fraction of sp³-hybridized carbons (Fsp3) is 0.182. The zero-order chi connectivity index (χ0) is 13.4. The number of halogens is 1. The van der Waals surface area contributed by atoms with Crippen LogP contribution in [0.1, 0.15) is 6.92 Å². The van der Waals surface area contributed by atoms with Crippen molar-refractivity contribution in [2.24, 2.45) is 10.2 Å². The van der Waals surface area contributed by atoms with Gasteiger partial charge in [0.1, 0.15) is 5.82 Å². The summed E-state index contributed by atoms with van der Waals surface area (Å²) in [6, 6.07) is 5.90. The van der Waals surface area contributed by atoms with E-state index in [0.717, 1.165) is 0 Å². The van der Waals surface area contributed by atoms with Crippen LogP contribution in [0.15, 0.2) is 34.5 Å². The fourth-order valence-electron chi connectivity index (χ4n) is 0.946. The summed E-state index contributed by atoms with van der Waals surface area (Å²) in [5, 5.41) is 11.0. The van der Waals surface area contributed by atoms with Gasteiger partial charge in [-0.25, -0.2) is 4.39 Å². The first kappa shape index (κ1) is 14.0. The molecule has 1 rings (SSSR count). The van der Waals surface area contributed by atoms with Gasteiger partial charge < -0.3 is 5.32 Å². The first-order valence-corrected chi connectivity index (χ1v) is 5.59. The second-order valence-electron chi connectivity index (χ2n) is 3.32. The highest BCUT2D eigenvalue weighted by atomic mass is 32.1. The maximum Gasteiger partial charge on any atom is 0.186 e. The molecule has 0 heterocycles. The minimum Gasteiger partial charge on any atom is -0.364 e. The molecule has 3 N–H and O–H groups in total. The van der Waals surface area contributed by atoms with Crippen molar-refractivity contribution in [2.45, 2.75) is 6.92 Å². The van der Waals surface area contributed by atoms with Crippen LogP contribution in [-0.4, -0.2) is 24.1 Å². The zero-order valence-corrected chi connectivity index (χ0v) is 10.9. The van der Waals surface area contributed by atoms with E-state index < -0.39 is 0 Å². The third kappa shape index (κ3) is 5.35. The smallest absolute Gasteiger partial charge is 0.186 e. The molecule has 0 amide bonds. The van der Waals surface area contributed by atoms with E-state index in [4.69, 9.17) is 12.2 Å². The Bertz CT molecular complexity index is 455. The van der Waals surface area contributed by atoms with Crippen molar-refractivity contribution in [1.29, 1.82) is 0 Å². The van der Waals surface area contributed by atoms with Crippen molar-refractivity contribution in [2.75, 3.05) is 12.5 Å². The molecule has 0 unspecified atom stereocenters. The molecule has 5 nitrogen and oxygen atoms in total. The molecule has 96 valence electrons. The highest BCUT2D eigenvalue weighted by Crippen LogP contribution is 2.07. The van der Waals surface area contributed by atoms with Gasteiger partial charge in [-0.05, 0) is 43.4 Å². The molecular weight excluding hydrogens is 253 g/mol. The Morgan fingerprint density at radius 1 is 1.33 bits per heavy atom. The number of anilines is 1. The van der Waals surface area contributed by atoms with Crippen molar-refractivity contribution in [3.05, 3.63) is 30.1 Å². The molecule has 0 spiro atoms. The van der Waals surface area contributed by atoms with Gasteiger partial charge in [0.25, 0.3) is 0 Å². The molecule has 0 aromatic heterocycles. The predicted molar refractivity (Wildman–Crippen MR) is 76.4 cm³/mol. The normalized spacial score (nSPS) is 11.4. The minimum atomic E-state index is -0.285. The van der Waals surface area contributed by atoms with Gasteiger partial charge in [-0.3, -0.25) is 10.9 Å². The summed E-state index contributed by atoms with van der Waals surface area (Å²) in [6.45, 7) is 1.77. The van der Waals surface area contributed by atoms with E-state index in [2.05, 4.69) is 26.4 Å². The SMILES string of the molecule is CNC(=S)N/N=C\C(C)=N/Nc1ccc(F)cc1. The molecule has 0 aliphatic heterocycles. The Labute approximate surface area is 110 Å². The Kier molecular flexibility index (Phi) is 5.72. The molecule has 0 fully saturated rings. The Morgan fingerprint density at radius 3 is 2.61 bits per heavy atom. The average Bonchev–Trinajstić information content (AvgIpc) is 2.38. The number of thiocarbonyl (C=S) groups is 1. The van der Waals surface area contributed by atoms with Gasteiger partial charge in [-0.2, -0.15) is 10.2 Å². The molecular formula is C11H14FN5S. The third-order valence-corrected chi connectivity index (χ3v) is 2.15. The standard InChI is InChI=1S/C11H14FN5S/c1-8(7-14-17-11(18)13-2)15-16-10-5-3-9(12)4-6-10/h3-7,16H,1-2H3,(H2,13,17,18)/b14-7-,15-8-. The van der Waals surface area contributed by atoms with Crippen molar-refractivity contribution < 1.29 is 4.39 Å². The lowest BCUT2D eigenvalue weighted by Gasteiger charge is -2.01. The summed E-state index contributed by atoms with van der Waals surface area (Å²) in [7, 11) is 1.70. The number of hydrogen-bond donors (Lipinski definition) is 3. The molecule has 0 atom stereocenters. The molecule has 0 saturated carbocycles. The van der Waals surface area contributed by atoms with E-state index in [-0.39, 0.29) is 5.82 Å². The molecule has 0 radical (unpaired) electrons. The van der Waals surface area contributed by atoms with Crippen LogP contribution >= 0.6 is 12.2 Å². The molecule has 0 saturated heterocycles. The number of nitrogens with zero attached hydrogens (tertiary/aromatic N) is 2. The van der Waals surface area contributed by atoms with Crippen LogP contribution in [0.5, 0.6) is 0 Å². The van der Waals surface area contributed by atoms with Gasteiger partial charge in [0.2, 0.25) is 0 Å². The summed E-state index contributed by atoms with van der Waals surface area (Å²) in [6.07, 6.45) is 1.51. The highest BCUT2D eigenvalue weighted by molar-refractivity contribution is 7.80. The Morgan fingerprint density at radius 2 is 2.00 bits per heavy atom. The predicted octanol–water partition coefficient (Wildman–Crippen LogP) is 1.69. The van der Waals surface area contributed by atoms with Crippen molar-refractivity contribution in [1.82, 2.24) is 10.7 Å². The highest BCUT2D eigenvalue weighted by Gasteiger charge is 1.91. The third-order valence-electron chi connectivity index (χ3n) is 1.85. The fourth-order valence-corrected chi connectivity index (χ4v) is 0.999. The lowest BCUT2D eigenvalue weighted by Crippen LogP contribution is -2.28. The first-order chi connectivity index (χ1) is 8.61. The van der Waals surface area contributed by atoms with Crippen LogP contribution in [-0.2, 0) is 0 Å². The van der Waals surface area contributed by atoms with Crippen LogP contribution in [0.25, 0.3) is 0 Å². The van der Waals surface area contributed by atoms with Gasteiger partial charge in [-0.1, -0.05) is 0 Å². The first-order valence-electron chi connectivity index (χ1n) is 5.18. The van der Waals surface area contributed by atoms with Crippen LogP contribution in [0.2, 0.25) is 0 Å². The number of nitrogens with one attached hydrogen (secondary N) is 3. The average molecular weight is 267 g/mol. The van der Waals surface area contributed by atoms with Crippen LogP contribution < -0.4 is 16.2 Å². The van der Waals surface area contributed by atoms with E-state index in [9.17, 15) is 4.39 Å². The van der Waals surface area contributed by atoms with E-state index in [1.165, 1.54) is 18.3 Å². The van der Waals surface area contributed by atoms with E-state index >= 15 is 0 Å². The monoisotopic (exact) mass is 267 g/mol. The van der Waals surface area contributed by atoms with E-state index in [0.29, 0.717) is 16.5 Å². The lowest BCUT2D eigenvalue weighted by atomic mass is 10.3. The van der Waals surface area contributed by atoms with Crippen LogP contribution in [0, 0.1) is 5.82 Å². The largest absolute Gasteiger partial charge is 0.364 e. The summed E-state index contributed by atoms with van der Waals surface area (Å²) in [5.74, 6) is -0.285. The van der Waals surface area contributed by atoms with Gasteiger partial charge in [0.05, 0.1) is 17.6 Å². The second kappa shape index (κ2) is 7.33. The van der Waals surface area contributed by atoms with Gasteiger partial charge in [0, 0.05) is 7.05 Å². The molecule has 0 aliphatic carbocycles. The molecule has 1 aromatic rings. The molecule has 1 aromatic carbocycles. The van der Waals surface area contributed by atoms with E-state index in [1.807, 2.05) is 0 Å². The molecule has 7 heteroatoms. The number of benzene rings is 1. The Balaban J connectivity index is 2.46. The van der Waals surface area contributed by atoms with Crippen LogP contribution in [0.3, 0.4) is 0 Å². The van der Waals surface area contributed by atoms with Crippen molar-refractivity contribution in [3.63, 3.8) is 0 Å². The number of hydrogen-bond acceptors (Lipinski definition) is 4. The van der Waals surface area contributed by atoms with E-state index in [1.54, 1.807) is 26.1 Å². The zero-order valence-electron chi connectivity index (χ0n) is 10.1. The van der Waals surface area contributed by atoms with Gasteiger partial charge >= 0.3 is 0 Å². The van der Waals surface area contributed by atoms with Crippen molar-refractivity contribution in [3.8, 4) is 0 Å². The minimum absolute atomic E-state index is 0.285. The summed E-state index contributed by atoms with van der Waals surface area (Å²) >= 11 is 4.83. The number of hydrazone groups is 2. The maximum atomic E-state index is 12.7. The quantitative estimate of drug-likeness (QED) is 0.441. The lowest BCUT2D eigenvalue weighted by molar-refractivity contribution is 0.628. The second-order valence-corrected chi connectivity index (χ2v) is 3.73. The summed E-state index contributed by atoms with van der Waals surface area (Å²) in [5.41, 5.74) is 6.72. The van der Waals surface area contributed by atoms with Crippen molar-refractivity contribution >= 4 is 34.9 Å². The maximum absolute atomic E-state index is 12.7.